The van der Waals surface area contributed by atoms with E-state index in [1.165, 1.54) is 17.7 Å². The van der Waals surface area contributed by atoms with E-state index in [2.05, 4.69) is 53.3 Å². The van der Waals surface area contributed by atoms with Gasteiger partial charge in [0.15, 0.2) is 0 Å². The summed E-state index contributed by atoms with van der Waals surface area (Å²) < 4.78 is 18.5. The highest BCUT2D eigenvalue weighted by Crippen LogP contribution is 2.25. The summed E-state index contributed by atoms with van der Waals surface area (Å²) in [6.45, 7) is 9.32. The minimum Gasteiger partial charge on any atom is -0.356 e. The normalized spacial score (nSPS) is 16.9. The van der Waals surface area contributed by atoms with Crippen molar-refractivity contribution in [1.82, 2.24) is 20.4 Å². The standard InChI is InChI=1S/C28H35FN4O2/c1-28(2,3)23-12-10-21(11-13-23)26-31-25(35-32-26)19-33-17-5-7-22(18-33)27(34)30-16-4-6-20-8-14-24(29)15-9-20/h8-15,22H,4-7,16-19H2,1-3H3,(H,30,34). The molecule has 1 aliphatic rings. The fourth-order valence-electron chi connectivity index (χ4n) is 4.46. The Morgan fingerprint density at radius 1 is 1.14 bits per heavy atom. The van der Waals surface area contributed by atoms with Gasteiger partial charge in [-0.05, 0) is 60.9 Å². The molecule has 1 aliphatic heterocycles. The molecule has 1 aromatic heterocycles. The van der Waals surface area contributed by atoms with Gasteiger partial charge in [0.2, 0.25) is 17.6 Å². The zero-order chi connectivity index (χ0) is 24.8. The highest BCUT2D eigenvalue weighted by atomic mass is 19.1. The van der Waals surface area contributed by atoms with E-state index in [9.17, 15) is 9.18 Å². The Kier molecular flexibility index (Phi) is 7.96. The molecule has 3 aromatic rings. The smallest absolute Gasteiger partial charge is 0.241 e. The minimum absolute atomic E-state index is 0.0399. The molecular formula is C28H35FN4O2. The molecule has 35 heavy (non-hydrogen) atoms. The van der Waals surface area contributed by atoms with Crippen molar-refractivity contribution in [1.29, 1.82) is 0 Å². The average molecular weight is 479 g/mol. The van der Waals surface area contributed by atoms with Crippen LogP contribution in [0.3, 0.4) is 0 Å². The van der Waals surface area contributed by atoms with Crippen molar-refractivity contribution in [2.75, 3.05) is 19.6 Å². The highest BCUT2D eigenvalue weighted by Gasteiger charge is 2.26. The first-order chi connectivity index (χ1) is 16.8. The summed E-state index contributed by atoms with van der Waals surface area (Å²) in [7, 11) is 0. The van der Waals surface area contributed by atoms with Crippen LogP contribution in [0.2, 0.25) is 0 Å². The fourth-order valence-corrected chi connectivity index (χ4v) is 4.46. The quantitative estimate of drug-likeness (QED) is 0.454. The van der Waals surface area contributed by atoms with Gasteiger partial charge in [0, 0.05) is 18.7 Å². The SMILES string of the molecule is CC(C)(C)c1ccc(-c2noc(CN3CCCC(C(=O)NCCCc4ccc(F)cc4)C3)n2)cc1. The van der Waals surface area contributed by atoms with Gasteiger partial charge in [-0.1, -0.05) is 62.3 Å². The Hall–Kier alpha value is -3.06. The van der Waals surface area contributed by atoms with Crippen LogP contribution in [0.5, 0.6) is 0 Å². The molecule has 1 atom stereocenters. The zero-order valence-electron chi connectivity index (χ0n) is 20.9. The van der Waals surface area contributed by atoms with Gasteiger partial charge < -0.3 is 9.84 Å². The third kappa shape index (κ3) is 6.98. The number of likely N-dealkylation sites (tertiary alicyclic amines) is 1. The van der Waals surface area contributed by atoms with Gasteiger partial charge in [0.25, 0.3) is 0 Å². The molecule has 186 valence electrons. The number of carbonyl (C=O) groups is 1. The van der Waals surface area contributed by atoms with Crippen molar-refractivity contribution in [3.05, 3.63) is 71.4 Å². The van der Waals surface area contributed by atoms with Crippen LogP contribution in [0.15, 0.2) is 53.1 Å². The Morgan fingerprint density at radius 3 is 2.60 bits per heavy atom. The number of benzene rings is 2. The second kappa shape index (κ2) is 11.1. The number of halogens is 1. The molecule has 0 saturated carbocycles. The van der Waals surface area contributed by atoms with Gasteiger partial charge in [0.1, 0.15) is 5.82 Å². The number of nitrogens with one attached hydrogen (secondary N) is 1. The lowest BCUT2D eigenvalue weighted by atomic mass is 9.87. The van der Waals surface area contributed by atoms with Crippen molar-refractivity contribution in [2.45, 2.75) is 58.4 Å². The summed E-state index contributed by atoms with van der Waals surface area (Å²) in [6, 6.07) is 14.8. The minimum atomic E-state index is -0.226. The molecule has 4 rings (SSSR count). The van der Waals surface area contributed by atoms with Gasteiger partial charge in [-0.15, -0.1) is 0 Å². The van der Waals surface area contributed by atoms with Crippen LogP contribution >= 0.6 is 0 Å². The molecule has 7 heteroatoms. The predicted octanol–water partition coefficient (Wildman–Crippen LogP) is 5.13. The molecule has 0 aliphatic carbocycles. The van der Waals surface area contributed by atoms with Crippen LogP contribution in [0.4, 0.5) is 4.39 Å². The summed E-state index contributed by atoms with van der Waals surface area (Å²) in [4.78, 5) is 19.5. The molecule has 2 aromatic carbocycles. The van der Waals surface area contributed by atoms with E-state index >= 15 is 0 Å². The molecule has 2 heterocycles. The van der Waals surface area contributed by atoms with Crippen molar-refractivity contribution >= 4 is 5.91 Å². The van der Waals surface area contributed by atoms with E-state index in [4.69, 9.17) is 4.52 Å². The second-order valence-electron chi connectivity index (χ2n) is 10.4. The number of amides is 1. The van der Waals surface area contributed by atoms with E-state index in [1.807, 2.05) is 12.1 Å². The monoisotopic (exact) mass is 478 g/mol. The van der Waals surface area contributed by atoms with Crippen molar-refractivity contribution in [3.8, 4) is 11.4 Å². The predicted molar refractivity (Wildman–Crippen MR) is 134 cm³/mol. The third-order valence-corrected chi connectivity index (χ3v) is 6.57. The summed E-state index contributed by atoms with van der Waals surface area (Å²) in [5.41, 5.74) is 3.37. The first kappa shape index (κ1) is 25.0. The maximum atomic E-state index is 13.0. The number of hydrogen-bond donors (Lipinski definition) is 1. The van der Waals surface area contributed by atoms with Gasteiger partial charge in [-0.2, -0.15) is 4.98 Å². The molecular weight excluding hydrogens is 443 g/mol. The molecule has 0 spiro atoms. The second-order valence-corrected chi connectivity index (χ2v) is 10.4. The molecule has 1 unspecified atom stereocenters. The van der Waals surface area contributed by atoms with Crippen LogP contribution in [0, 0.1) is 11.7 Å². The van der Waals surface area contributed by atoms with Crippen molar-refractivity contribution in [2.24, 2.45) is 5.92 Å². The van der Waals surface area contributed by atoms with Crippen LogP contribution in [0.25, 0.3) is 11.4 Å². The van der Waals surface area contributed by atoms with E-state index in [0.717, 1.165) is 43.4 Å². The summed E-state index contributed by atoms with van der Waals surface area (Å²) in [6.07, 6.45) is 3.49. The highest BCUT2D eigenvalue weighted by molar-refractivity contribution is 5.78. The molecule has 1 amide bonds. The van der Waals surface area contributed by atoms with E-state index < -0.39 is 0 Å². The largest absolute Gasteiger partial charge is 0.356 e. The van der Waals surface area contributed by atoms with Gasteiger partial charge in [0.05, 0.1) is 12.5 Å². The average Bonchev–Trinajstić information content (AvgIpc) is 3.31. The molecule has 1 N–H and O–H groups in total. The molecule has 1 fully saturated rings. The number of aromatic nitrogens is 2. The van der Waals surface area contributed by atoms with Crippen LogP contribution in [-0.2, 0) is 23.2 Å². The Balaban J connectivity index is 1.24. The van der Waals surface area contributed by atoms with Gasteiger partial charge in [-0.25, -0.2) is 4.39 Å². The Labute approximate surface area is 206 Å². The summed E-state index contributed by atoms with van der Waals surface area (Å²) in [5, 5.41) is 7.23. The van der Waals surface area contributed by atoms with Crippen molar-refractivity contribution in [3.63, 3.8) is 0 Å². The van der Waals surface area contributed by atoms with E-state index in [-0.39, 0.29) is 23.1 Å². The molecule has 1 saturated heterocycles. The maximum Gasteiger partial charge on any atom is 0.241 e. The number of carbonyl (C=O) groups excluding carboxylic acids is 1. The van der Waals surface area contributed by atoms with Crippen LogP contribution < -0.4 is 5.32 Å². The van der Waals surface area contributed by atoms with Gasteiger partial charge in [-0.3, -0.25) is 9.69 Å². The topological polar surface area (TPSA) is 71.3 Å². The number of hydrogen-bond acceptors (Lipinski definition) is 5. The fraction of sp³-hybridized carbons (Fsp3) is 0.464. The molecule has 0 bridgehead atoms. The number of aryl methyl sites for hydroxylation is 1. The van der Waals surface area contributed by atoms with Crippen LogP contribution in [-0.4, -0.2) is 40.6 Å². The van der Waals surface area contributed by atoms with E-state index in [0.29, 0.717) is 31.3 Å². The zero-order valence-corrected chi connectivity index (χ0v) is 20.9. The Morgan fingerprint density at radius 2 is 1.89 bits per heavy atom. The summed E-state index contributed by atoms with van der Waals surface area (Å²) in [5.74, 6) is 0.990. The Bertz CT molecular complexity index is 1100. The van der Waals surface area contributed by atoms with Crippen LogP contribution in [0.1, 0.15) is 57.1 Å². The third-order valence-electron chi connectivity index (χ3n) is 6.57. The van der Waals surface area contributed by atoms with E-state index in [1.54, 1.807) is 12.1 Å². The van der Waals surface area contributed by atoms with Crippen molar-refractivity contribution < 1.29 is 13.7 Å². The molecule has 0 radical (unpaired) electrons. The lowest BCUT2D eigenvalue weighted by molar-refractivity contribution is -0.126. The first-order valence-electron chi connectivity index (χ1n) is 12.5. The number of piperidine rings is 1. The maximum absolute atomic E-state index is 13.0. The lowest BCUT2D eigenvalue weighted by Gasteiger charge is -2.30. The number of rotatable bonds is 8. The lowest BCUT2D eigenvalue weighted by Crippen LogP contribution is -2.43. The number of nitrogens with zero attached hydrogens (tertiary/aromatic N) is 3. The first-order valence-corrected chi connectivity index (χ1v) is 12.5. The molecule has 6 nitrogen and oxygen atoms in total. The van der Waals surface area contributed by atoms with Gasteiger partial charge >= 0.3 is 0 Å². The summed E-state index contributed by atoms with van der Waals surface area (Å²) >= 11 is 0.